The van der Waals surface area contributed by atoms with Gasteiger partial charge in [-0.05, 0) is 30.5 Å². The number of aryl methyl sites for hydroxylation is 1. The number of nitrogens with zero attached hydrogens (tertiary/aromatic N) is 2. The summed E-state index contributed by atoms with van der Waals surface area (Å²) >= 11 is 0. The molecule has 1 aromatic carbocycles. The molecule has 7 heteroatoms. The number of hydrogen-bond acceptors (Lipinski definition) is 3. The molecule has 1 saturated heterocycles. The first-order chi connectivity index (χ1) is 13.4. The Hall–Kier alpha value is -2.67. The van der Waals surface area contributed by atoms with E-state index in [2.05, 4.69) is 58.5 Å². The first kappa shape index (κ1) is 18.7. The number of aromatic amines is 2. The van der Waals surface area contributed by atoms with Crippen LogP contribution in [0.2, 0.25) is 0 Å². The Morgan fingerprint density at radius 3 is 2.75 bits per heavy atom. The molecule has 28 heavy (non-hydrogen) atoms. The Bertz CT molecular complexity index is 994. The first-order valence-corrected chi connectivity index (χ1v) is 10.1. The Morgan fingerprint density at radius 1 is 1.29 bits per heavy atom. The number of piperidine rings is 1. The van der Waals surface area contributed by atoms with Crippen molar-refractivity contribution in [2.45, 2.75) is 45.6 Å². The molecule has 0 atom stereocenters. The van der Waals surface area contributed by atoms with Crippen LogP contribution in [-0.2, 0) is 0 Å². The second kappa shape index (κ2) is 7.39. The molecule has 148 valence electrons. The molecule has 1 fully saturated rings. The standard InChI is InChI=1S/C21H28N6O/c1-12(2)14-5-6-16-17(11-14)24-20(23-16)19-18(13(3)25-26-19)21(28)22-15-7-9-27(4)10-8-15/h5-6,11-12,15H,7-10H2,1-4H3,(H,22,28)(H,23,24)(H,25,26)/p+1. The van der Waals surface area contributed by atoms with E-state index in [4.69, 9.17) is 0 Å². The normalized spacial score (nSPS) is 20.0. The zero-order chi connectivity index (χ0) is 19.8. The SMILES string of the molecule is Cc1[nH]nc(-c2nc3ccc(C(C)C)cc3[nH]2)c1C(=O)NC1CC[NH+](C)CC1. The van der Waals surface area contributed by atoms with E-state index in [1.165, 1.54) is 10.5 Å². The summed E-state index contributed by atoms with van der Waals surface area (Å²) in [5.41, 5.74) is 5.01. The van der Waals surface area contributed by atoms with Gasteiger partial charge in [0.05, 0.1) is 36.7 Å². The Labute approximate surface area is 164 Å². The molecule has 0 aliphatic carbocycles. The molecule has 4 rings (SSSR count). The predicted octanol–water partition coefficient (Wildman–Crippen LogP) is 1.79. The maximum absolute atomic E-state index is 13.0. The number of imidazole rings is 1. The van der Waals surface area contributed by atoms with E-state index in [-0.39, 0.29) is 11.9 Å². The number of carbonyl (C=O) groups excluding carboxylic acids is 1. The minimum absolute atomic E-state index is 0.0749. The third kappa shape index (κ3) is 3.54. The molecular formula is C21H29N6O+. The summed E-state index contributed by atoms with van der Waals surface area (Å²) in [6.45, 7) is 8.39. The van der Waals surface area contributed by atoms with Gasteiger partial charge in [0, 0.05) is 24.6 Å². The molecule has 3 heterocycles. The molecule has 1 amide bonds. The molecule has 1 aliphatic rings. The van der Waals surface area contributed by atoms with Crippen molar-refractivity contribution < 1.29 is 9.69 Å². The number of H-pyrrole nitrogens is 2. The monoisotopic (exact) mass is 381 g/mol. The summed E-state index contributed by atoms with van der Waals surface area (Å²) in [6.07, 6.45) is 2.01. The van der Waals surface area contributed by atoms with Gasteiger partial charge in [0.15, 0.2) is 5.82 Å². The molecule has 0 unspecified atom stereocenters. The number of rotatable bonds is 4. The summed E-state index contributed by atoms with van der Waals surface area (Å²) in [5.74, 6) is 0.994. The average Bonchev–Trinajstić information content (AvgIpc) is 3.25. The third-order valence-corrected chi connectivity index (χ3v) is 5.75. The molecule has 3 aromatic rings. The van der Waals surface area contributed by atoms with Gasteiger partial charge >= 0.3 is 0 Å². The van der Waals surface area contributed by atoms with Gasteiger partial charge in [0.2, 0.25) is 0 Å². The number of carbonyl (C=O) groups is 1. The summed E-state index contributed by atoms with van der Waals surface area (Å²) in [7, 11) is 2.20. The minimum atomic E-state index is -0.0749. The summed E-state index contributed by atoms with van der Waals surface area (Å²) in [6, 6.07) is 6.47. The van der Waals surface area contributed by atoms with Crippen LogP contribution in [0.3, 0.4) is 0 Å². The Balaban J connectivity index is 1.62. The third-order valence-electron chi connectivity index (χ3n) is 5.75. The van der Waals surface area contributed by atoms with Gasteiger partial charge in [-0.1, -0.05) is 19.9 Å². The van der Waals surface area contributed by atoms with Crippen LogP contribution < -0.4 is 10.2 Å². The number of likely N-dealkylation sites (tertiary alicyclic amines) is 1. The minimum Gasteiger partial charge on any atom is -0.349 e. The molecule has 0 radical (unpaired) electrons. The smallest absolute Gasteiger partial charge is 0.255 e. The molecule has 0 bridgehead atoms. The number of benzene rings is 1. The van der Waals surface area contributed by atoms with Crippen molar-refractivity contribution in [3.05, 3.63) is 35.0 Å². The highest BCUT2D eigenvalue weighted by Crippen LogP contribution is 2.26. The van der Waals surface area contributed by atoms with Crippen molar-refractivity contribution in [3.63, 3.8) is 0 Å². The van der Waals surface area contributed by atoms with Crippen LogP contribution in [0.5, 0.6) is 0 Å². The number of aromatic nitrogens is 4. The lowest BCUT2D eigenvalue weighted by atomic mass is 10.0. The second-order valence-electron chi connectivity index (χ2n) is 8.29. The number of fused-ring (bicyclic) bond motifs is 1. The lowest BCUT2D eigenvalue weighted by molar-refractivity contribution is -0.884. The maximum atomic E-state index is 13.0. The van der Waals surface area contributed by atoms with Gasteiger partial charge in [-0.3, -0.25) is 9.89 Å². The first-order valence-electron chi connectivity index (χ1n) is 10.1. The van der Waals surface area contributed by atoms with Gasteiger partial charge in [0.25, 0.3) is 5.91 Å². The van der Waals surface area contributed by atoms with Crippen LogP contribution in [0, 0.1) is 6.92 Å². The van der Waals surface area contributed by atoms with Crippen LogP contribution >= 0.6 is 0 Å². The molecule has 2 aromatic heterocycles. The van der Waals surface area contributed by atoms with Crippen molar-refractivity contribution in [1.29, 1.82) is 0 Å². The van der Waals surface area contributed by atoms with Crippen molar-refractivity contribution in [2.24, 2.45) is 0 Å². The van der Waals surface area contributed by atoms with Gasteiger partial charge < -0.3 is 15.2 Å². The van der Waals surface area contributed by atoms with Crippen molar-refractivity contribution in [2.75, 3.05) is 20.1 Å². The lowest BCUT2D eigenvalue weighted by Gasteiger charge is -2.27. The number of nitrogens with one attached hydrogen (secondary N) is 4. The molecule has 4 N–H and O–H groups in total. The van der Waals surface area contributed by atoms with Crippen LogP contribution in [0.25, 0.3) is 22.6 Å². The molecule has 0 saturated carbocycles. The fourth-order valence-corrected chi connectivity index (χ4v) is 3.89. The van der Waals surface area contributed by atoms with Crippen molar-refractivity contribution >= 4 is 16.9 Å². The lowest BCUT2D eigenvalue weighted by Crippen LogP contribution is -3.10. The summed E-state index contributed by atoms with van der Waals surface area (Å²) in [5, 5.41) is 10.5. The summed E-state index contributed by atoms with van der Waals surface area (Å²) < 4.78 is 0. The Kier molecular flexibility index (Phi) is 4.93. The zero-order valence-electron chi connectivity index (χ0n) is 17.0. The van der Waals surface area contributed by atoms with Gasteiger partial charge in [-0.15, -0.1) is 0 Å². The van der Waals surface area contributed by atoms with E-state index >= 15 is 0 Å². The molecular weight excluding hydrogens is 352 g/mol. The highest BCUT2D eigenvalue weighted by Gasteiger charge is 2.26. The van der Waals surface area contributed by atoms with Crippen molar-refractivity contribution in [3.8, 4) is 11.5 Å². The van der Waals surface area contributed by atoms with Crippen LogP contribution in [0.1, 0.15) is 54.2 Å². The van der Waals surface area contributed by atoms with E-state index < -0.39 is 0 Å². The fraction of sp³-hybridized carbons (Fsp3) is 0.476. The highest BCUT2D eigenvalue weighted by molar-refractivity contribution is 6.01. The van der Waals surface area contributed by atoms with E-state index in [1.54, 1.807) is 0 Å². The number of quaternary nitrogens is 1. The number of hydrogen-bond donors (Lipinski definition) is 4. The van der Waals surface area contributed by atoms with Gasteiger partial charge in [-0.2, -0.15) is 5.10 Å². The van der Waals surface area contributed by atoms with Crippen LogP contribution in [0.4, 0.5) is 0 Å². The fourth-order valence-electron chi connectivity index (χ4n) is 3.89. The average molecular weight is 382 g/mol. The number of amides is 1. The van der Waals surface area contributed by atoms with E-state index in [1.807, 2.05) is 13.0 Å². The largest absolute Gasteiger partial charge is 0.349 e. The molecule has 7 nitrogen and oxygen atoms in total. The Morgan fingerprint density at radius 2 is 2.04 bits per heavy atom. The quantitative estimate of drug-likeness (QED) is 0.555. The van der Waals surface area contributed by atoms with Crippen LogP contribution in [0.15, 0.2) is 18.2 Å². The van der Waals surface area contributed by atoms with Crippen LogP contribution in [-0.4, -0.2) is 52.3 Å². The highest BCUT2D eigenvalue weighted by atomic mass is 16.1. The van der Waals surface area contributed by atoms with E-state index in [0.717, 1.165) is 42.7 Å². The zero-order valence-corrected chi connectivity index (χ0v) is 17.0. The van der Waals surface area contributed by atoms with Crippen molar-refractivity contribution in [1.82, 2.24) is 25.5 Å². The predicted molar refractivity (Wildman–Crippen MR) is 110 cm³/mol. The molecule has 0 spiro atoms. The van der Waals surface area contributed by atoms with E-state index in [9.17, 15) is 4.79 Å². The van der Waals surface area contributed by atoms with Gasteiger partial charge in [0.1, 0.15) is 5.69 Å². The van der Waals surface area contributed by atoms with E-state index in [0.29, 0.717) is 23.0 Å². The maximum Gasteiger partial charge on any atom is 0.255 e. The summed E-state index contributed by atoms with van der Waals surface area (Å²) in [4.78, 5) is 22.6. The second-order valence-corrected chi connectivity index (χ2v) is 8.29. The topological polar surface area (TPSA) is 90.9 Å². The van der Waals surface area contributed by atoms with Gasteiger partial charge in [-0.25, -0.2) is 4.98 Å². The molecule has 1 aliphatic heterocycles.